The highest BCUT2D eigenvalue weighted by Gasteiger charge is 2.06. The monoisotopic (exact) mass is 298 g/mol. The van der Waals surface area contributed by atoms with Crippen LogP contribution in [0, 0.1) is 5.82 Å². The van der Waals surface area contributed by atoms with Crippen molar-refractivity contribution in [3.63, 3.8) is 0 Å². The molecule has 3 rings (SSSR count). The maximum Gasteiger partial charge on any atom is 0.123 e. The molecular weight excluding hydrogens is 283 g/mol. The van der Waals surface area contributed by atoms with Gasteiger partial charge in [0, 0.05) is 23.9 Å². The lowest BCUT2D eigenvalue weighted by molar-refractivity contribution is 0.627. The topological polar surface area (TPSA) is 38.9 Å². The van der Waals surface area contributed by atoms with Crippen LogP contribution < -0.4 is 5.73 Å². The molecule has 0 aliphatic heterocycles. The zero-order valence-electron chi connectivity index (χ0n) is 11.4. The minimum absolute atomic E-state index is 0.210. The van der Waals surface area contributed by atoms with E-state index in [1.54, 1.807) is 23.5 Å². The van der Waals surface area contributed by atoms with Gasteiger partial charge in [0.2, 0.25) is 0 Å². The molecule has 0 radical (unpaired) electrons. The predicted octanol–water partition coefficient (Wildman–Crippen LogP) is 4.00. The number of halogens is 1. The fraction of sp³-hybridized carbons (Fsp3) is 0.118. The van der Waals surface area contributed by atoms with E-state index in [0.29, 0.717) is 6.54 Å². The van der Waals surface area contributed by atoms with Crippen LogP contribution in [0.2, 0.25) is 0 Å². The summed E-state index contributed by atoms with van der Waals surface area (Å²) in [6, 6.07) is 14.7. The molecule has 4 heteroatoms. The number of nitrogens with zero attached hydrogens (tertiary/aromatic N) is 1. The van der Waals surface area contributed by atoms with Crippen molar-refractivity contribution in [2.45, 2.75) is 13.0 Å². The Morgan fingerprint density at radius 2 is 1.62 bits per heavy atom. The van der Waals surface area contributed by atoms with Gasteiger partial charge in [-0.3, -0.25) is 0 Å². The summed E-state index contributed by atoms with van der Waals surface area (Å²) >= 11 is 1.62. The number of rotatable bonds is 4. The summed E-state index contributed by atoms with van der Waals surface area (Å²) in [5.74, 6) is -0.210. The number of hydrogen-bond acceptors (Lipinski definition) is 3. The van der Waals surface area contributed by atoms with Crippen molar-refractivity contribution in [1.29, 1.82) is 0 Å². The van der Waals surface area contributed by atoms with Gasteiger partial charge in [-0.2, -0.15) is 0 Å². The molecule has 1 aromatic heterocycles. The summed E-state index contributed by atoms with van der Waals surface area (Å²) in [6.07, 6.45) is 0.728. The second-order valence-corrected chi connectivity index (χ2v) is 5.77. The van der Waals surface area contributed by atoms with Gasteiger partial charge in [0.25, 0.3) is 0 Å². The van der Waals surface area contributed by atoms with E-state index in [9.17, 15) is 4.39 Å². The number of benzene rings is 2. The quantitative estimate of drug-likeness (QED) is 0.790. The molecular formula is C17H15FN2S. The van der Waals surface area contributed by atoms with Crippen molar-refractivity contribution in [3.8, 4) is 11.3 Å². The zero-order chi connectivity index (χ0) is 14.7. The molecule has 106 valence electrons. The average molecular weight is 298 g/mol. The highest BCUT2D eigenvalue weighted by Crippen LogP contribution is 2.24. The first-order valence-electron chi connectivity index (χ1n) is 6.73. The van der Waals surface area contributed by atoms with Crippen LogP contribution in [0.25, 0.3) is 11.3 Å². The van der Waals surface area contributed by atoms with Crippen LogP contribution in [0.4, 0.5) is 4.39 Å². The van der Waals surface area contributed by atoms with Gasteiger partial charge in [0.15, 0.2) is 0 Å². The van der Waals surface area contributed by atoms with E-state index in [2.05, 4.69) is 10.4 Å². The fourth-order valence-corrected chi connectivity index (χ4v) is 2.95. The molecule has 0 saturated heterocycles. The molecule has 1 heterocycles. The Balaban J connectivity index is 1.77. The number of thiazole rings is 1. The lowest BCUT2D eigenvalue weighted by atomic mass is 10.1. The highest BCUT2D eigenvalue weighted by molar-refractivity contribution is 7.10. The predicted molar refractivity (Wildman–Crippen MR) is 84.6 cm³/mol. The van der Waals surface area contributed by atoms with E-state index in [0.717, 1.165) is 33.8 Å². The lowest BCUT2D eigenvalue weighted by Crippen LogP contribution is -1.95. The molecule has 3 aromatic rings. The molecule has 0 spiro atoms. The molecule has 21 heavy (non-hydrogen) atoms. The first kappa shape index (κ1) is 13.9. The lowest BCUT2D eigenvalue weighted by Gasteiger charge is -2.00. The van der Waals surface area contributed by atoms with Gasteiger partial charge < -0.3 is 5.73 Å². The Kier molecular flexibility index (Phi) is 4.08. The third-order valence-electron chi connectivity index (χ3n) is 3.31. The molecule has 0 bridgehead atoms. The molecule has 2 N–H and O–H groups in total. The average Bonchev–Trinajstić information content (AvgIpc) is 2.98. The maximum absolute atomic E-state index is 12.9. The number of aromatic nitrogens is 1. The van der Waals surface area contributed by atoms with E-state index in [1.165, 1.54) is 12.1 Å². The van der Waals surface area contributed by atoms with Crippen molar-refractivity contribution in [2.24, 2.45) is 5.73 Å². The molecule has 0 aliphatic rings. The van der Waals surface area contributed by atoms with Crippen LogP contribution in [0.15, 0.2) is 53.9 Å². The second kappa shape index (κ2) is 6.16. The molecule has 0 amide bonds. The summed E-state index contributed by atoms with van der Waals surface area (Å²) in [6.45, 7) is 0.549. The Labute approximate surface area is 127 Å². The van der Waals surface area contributed by atoms with Gasteiger partial charge in [-0.1, -0.05) is 36.4 Å². The van der Waals surface area contributed by atoms with Crippen LogP contribution in [-0.2, 0) is 13.0 Å². The van der Waals surface area contributed by atoms with Gasteiger partial charge in [0.1, 0.15) is 5.82 Å². The van der Waals surface area contributed by atoms with Gasteiger partial charge >= 0.3 is 0 Å². The van der Waals surface area contributed by atoms with Crippen molar-refractivity contribution in [2.75, 3.05) is 0 Å². The molecule has 2 nitrogen and oxygen atoms in total. The summed E-state index contributed by atoms with van der Waals surface area (Å²) in [5, 5.41) is 3.08. The third-order valence-corrected chi connectivity index (χ3v) is 4.15. The van der Waals surface area contributed by atoms with E-state index in [4.69, 9.17) is 5.73 Å². The molecule has 0 aliphatic carbocycles. The Morgan fingerprint density at radius 3 is 2.29 bits per heavy atom. The molecule has 2 aromatic carbocycles. The van der Waals surface area contributed by atoms with E-state index in [1.807, 2.05) is 24.3 Å². The molecule has 0 unspecified atom stereocenters. The minimum Gasteiger partial charge on any atom is -0.326 e. The number of nitrogens with two attached hydrogens (primary N) is 1. The fourth-order valence-electron chi connectivity index (χ4n) is 2.11. The van der Waals surface area contributed by atoms with Gasteiger partial charge in [-0.25, -0.2) is 9.37 Å². The van der Waals surface area contributed by atoms with Crippen molar-refractivity contribution in [3.05, 3.63) is 75.9 Å². The second-order valence-electron chi connectivity index (χ2n) is 4.83. The molecule has 0 atom stereocenters. The number of hydrogen-bond donors (Lipinski definition) is 1. The smallest absolute Gasteiger partial charge is 0.123 e. The first-order valence-corrected chi connectivity index (χ1v) is 7.61. The third kappa shape index (κ3) is 3.35. The van der Waals surface area contributed by atoms with E-state index >= 15 is 0 Å². The molecule has 0 fully saturated rings. The van der Waals surface area contributed by atoms with Gasteiger partial charge in [-0.15, -0.1) is 11.3 Å². The van der Waals surface area contributed by atoms with Crippen LogP contribution in [0.5, 0.6) is 0 Å². The normalized spacial score (nSPS) is 10.8. The van der Waals surface area contributed by atoms with E-state index in [-0.39, 0.29) is 5.82 Å². The summed E-state index contributed by atoms with van der Waals surface area (Å²) in [4.78, 5) is 4.65. The summed E-state index contributed by atoms with van der Waals surface area (Å²) in [5.41, 5.74) is 9.84. The van der Waals surface area contributed by atoms with Crippen molar-refractivity contribution < 1.29 is 4.39 Å². The largest absolute Gasteiger partial charge is 0.326 e. The Morgan fingerprint density at radius 1 is 0.952 bits per heavy atom. The van der Waals surface area contributed by atoms with Crippen molar-refractivity contribution in [1.82, 2.24) is 4.98 Å². The van der Waals surface area contributed by atoms with Crippen LogP contribution in [0.1, 0.15) is 16.1 Å². The van der Waals surface area contributed by atoms with E-state index < -0.39 is 0 Å². The van der Waals surface area contributed by atoms with Crippen LogP contribution in [0.3, 0.4) is 0 Å². The van der Waals surface area contributed by atoms with Crippen LogP contribution in [-0.4, -0.2) is 4.98 Å². The molecule has 0 saturated carbocycles. The highest BCUT2D eigenvalue weighted by atomic mass is 32.1. The Hall–Kier alpha value is -2.04. The maximum atomic E-state index is 12.9. The summed E-state index contributed by atoms with van der Waals surface area (Å²) in [7, 11) is 0. The van der Waals surface area contributed by atoms with Crippen molar-refractivity contribution >= 4 is 11.3 Å². The van der Waals surface area contributed by atoms with Crippen LogP contribution >= 0.6 is 11.3 Å². The van der Waals surface area contributed by atoms with Gasteiger partial charge in [-0.05, 0) is 23.3 Å². The van der Waals surface area contributed by atoms with Gasteiger partial charge in [0.05, 0.1) is 10.7 Å². The summed E-state index contributed by atoms with van der Waals surface area (Å²) < 4.78 is 12.9. The standard InChI is InChI=1S/C17H15FN2S/c18-15-7-3-12(4-8-15)9-17-20-16(11-21-17)14-5-1-13(10-19)2-6-14/h1-8,11H,9-10,19H2. The zero-order valence-corrected chi connectivity index (χ0v) is 12.2. The first-order chi connectivity index (χ1) is 10.2. The Bertz CT molecular complexity index is 717. The SMILES string of the molecule is NCc1ccc(-c2csc(Cc3ccc(F)cc3)n2)cc1. The minimum atomic E-state index is -0.210.